The van der Waals surface area contributed by atoms with Crippen molar-refractivity contribution in [2.24, 2.45) is 5.92 Å². The third-order valence-corrected chi connectivity index (χ3v) is 6.83. The quantitative estimate of drug-likeness (QED) is 0.652. The Labute approximate surface area is 139 Å². The highest BCUT2D eigenvalue weighted by molar-refractivity contribution is 7.89. The first-order valence-corrected chi connectivity index (χ1v) is 9.25. The van der Waals surface area contributed by atoms with Crippen molar-refractivity contribution in [3.63, 3.8) is 0 Å². The van der Waals surface area contributed by atoms with Crippen molar-refractivity contribution in [3.8, 4) is 0 Å². The van der Waals surface area contributed by atoms with Gasteiger partial charge in [-0.05, 0) is 31.2 Å². The molecule has 1 heterocycles. The van der Waals surface area contributed by atoms with Gasteiger partial charge in [0, 0.05) is 18.2 Å². The van der Waals surface area contributed by atoms with Crippen molar-refractivity contribution < 1.29 is 23.2 Å². The van der Waals surface area contributed by atoms with E-state index >= 15 is 0 Å². The standard InChI is InChI=1S/C15H18N2O6S/c18-15(19)14-8-10-3-1-4-11(7-10)16(14)24(22,23)13-6-2-5-12(9-13)17(20)21/h2,5-6,9-11,14H,1,3-4,7-8H2,(H,18,19). The number of nitro benzene ring substituents is 1. The Morgan fingerprint density at radius 2 is 2.04 bits per heavy atom. The van der Waals surface area contributed by atoms with E-state index in [2.05, 4.69) is 0 Å². The lowest BCUT2D eigenvalue weighted by molar-refractivity contribution is -0.385. The van der Waals surface area contributed by atoms with Crippen molar-refractivity contribution in [1.29, 1.82) is 0 Å². The molecule has 0 spiro atoms. The fourth-order valence-corrected chi connectivity index (χ4v) is 5.69. The van der Waals surface area contributed by atoms with E-state index in [1.54, 1.807) is 0 Å². The molecule has 3 rings (SSSR count). The second-order valence-corrected chi connectivity index (χ2v) is 8.21. The Kier molecular flexibility index (Phi) is 4.31. The van der Waals surface area contributed by atoms with Gasteiger partial charge in [-0.3, -0.25) is 14.9 Å². The summed E-state index contributed by atoms with van der Waals surface area (Å²) in [5.74, 6) is -0.943. The number of carbonyl (C=O) groups is 1. The minimum Gasteiger partial charge on any atom is -0.480 e. The van der Waals surface area contributed by atoms with Gasteiger partial charge in [-0.2, -0.15) is 4.31 Å². The molecule has 0 amide bonds. The van der Waals surface area contributed by atoms with Crippen molar-refractivity contribution in [2.45, 2.75) is 49.1 Å². The first kappa shape index (κ1) is 16.8. The maximum absolute atomic E-state index is 13.0. The summed E-state index contributed by atoms with van der Waals surface area (Å²) < 4.78 is 27.1. The van der Waals surface area contributed by atoms with E-state index in [-0.39, 0.29) is 22.5 Å². The summed E-state index contributed by atoms with van der Waals surface area (Å²) in [4.78, 5) is 21.6. The van der Waals surface area contributed by atoms with Gasteiger partial charge in [0.2, 0.25) is 10.0 Å². The van der Waals surface area contributed by atoms with Crippen LogP contribution in [0.1, 0.15) is 32.1 Å². The van der Waals surface area contributed by atoms with Crippen molar-refractivity contribution in [1.82, 2.24) is 4.31 Å². The molecule has 9 heteroatoms. The Bertz CT molecular complexity index is 778. The molecule has 1 aromatic rings. The molecule has 2 aliphatic rings. The van der Waals surface area contributed by atoms with Crippen LogP contribution >= 0.6 is 0 Å². The van der Waals surface area contributed by atoms with E-state index in [9.17, 15) is 28.4 Å². The SMILES string of the molecule is O=C(O)C1CC2CCCC(C2)N1S(=O)(=O)c1cccc([N+](=O)[O-])c1. The van der Waals surface area contributed by atoms with Gasteiger partial charge in [0.25, 0.3) is 5.69 Å². The predicted molar refractivity (Wildman–Crippen MR) is 83.9 cm³/mol. The summed E-state index contributed by atoms with van der Waals surface area (Å²) in [5, 5.41) is 20.4. The Balaban J connectivity index is 2.04. The molecule has 0 aromatic heterocycles. The molecule has 3 atom stereocenters. The number of carboxylic acids is 1. The summed E-state index contributed by atoms with van der Waals surface area (Å²) in [5.41, 5.74) is -0.332. The van der Waals surface area contributed by atoms with Crippen LogP contribution in [0.5, 0.6) is 0 Å². The fourth-order valence-electron chi connectivity index (χ4n) is 3.83. The van der Waals surface area contributed by atoms with Crippen LogP contribution < -0.4 is 0 Å². The van der Waals surface area contributed by atoms with Crippen LogP contribution in [0.15, 0.2) is 29.2 Å². The van der Waals surface area contributed by atoms with E-state index in [0.29, 0.717) is 19.3 Å². The minimum absolute atomic E-state index is 0.224. The Morgan fingerprint density at radius 1 is 1.29 bits per heavy atom. The number of benzene rings is 1. The summed E-state index contributed by atoms with van der Waals surface area (Å²) in [7, 11) is -4.11. The van der Waals surface area contributed by atoms with Gasteiger partial charge in [0.1, 0.15) is 6.04 Å². The number of non-ortho nitro benzene ring substituents is 1. The van der Waals surface area contributed by atoms with Gasteiger partial charge in [-0.25, -0.2) is 8.42 Å². The normalized spacial score (nSPS) is 27.6. The zero-order chi connectivity index (χ0) is 17.5. The van der Waals surface area contributed by atoms with Gasteiger partial charge in [0.15, 0.2) is 0 Å². The average molecular weight is 354 g/mol. The van der Waals surface area contributed by atoms with Crippen LogP contribution in [0.4, 0.5) is 5.69 Å². The molecule has 1 aromatic carbocycles. The molecule has 1 saturated carbocycles. The summed E-state index contributed by atoms with van der Waals surface area (Å²) in [6.45, 7) is 0. The van der Waals surface area contributed by atoms with Crippen molar-refractivity contribution in [2.75, 3.05) is 0 Å². The first-order valence-electron chi connectivity index (χ1n) is 7.81. The Morgan fingerprint density at radius 3 is 2.71 bits per heavy atom. The van der Waals surface area contributed by atoms with Crippen LogP contribution in [0, 0.1) is 16.0 Å². The number of nitrogens with zero attached hydrogens (tertiary/aromatic N) is 2. The van der Waals surface area contributed by atoms with Gasteiger partial charge in [-0.15, -0.1) is 0 Å². The number of nitro groups is 1. The second-order valence-electron chi connectivity index (χ2n) is 6.37. The molecule has 1 saturated heterocycles. The highest BCUT2D eigenvalue weighted by Gasteiger charge is 2.47. The second kappa shape index (κ2) is 6.14. The first-order chi connectivity index (χ1) is 11.3. The van der Waals surface area contributed by atoms with Crippen LogP contribution in [-0.2, 0) is 14.8 Å². The zero-order valence-electron chi connectivity index (χ0n) is 12.9. The lowest BCUT2D eigenvalue weighted by Gasteiger charge is -2.45. The lowest BCUT2D eigenvalue weighted by atomic mass is 9.78. The van der Waals surface area contributed by atoms with Gasteiger partial charge in [0.05, 0.1) is 9.82 Å². The maximum Gasteiger partial charge on any atom is 0.322 e. The number of carboxylic acid groups (broad SMARTS) is 1. The molecule has 2 bridgehead atoms. The predicted octanol–water partition coefficient (Wildman–Crippen LogP) is 2.00. The van der Waals surface area contributed by atoms with E-state index in [0.717, 1.165) is 23.2 Å². The molecule has 0 radical (unpaired) electrons. The minimum atomic E-state index is -4.11. The Hall–Kier alpha value is -2.00. The molecular formula is C15H18N2O6S. The summed E-state index contributed by atoms with van der Waals surface area (Å²) >= 11 is 0. The molecule has 2 fully saturated rings. The number of piperidine rings is 1. The fraction of sp³-hybridized carbons (Fsp3) is 0.533. The smallest absolute Gasteiger partial charge is 0.322 e. The lowest BCUT2D eigenvalue weighted by Crippen LogP contribution is -2.56. The molecule has 8 nitrogen and oxygen atoms in total. The molecule has 130 valence electrons. The van der Waals surface area contributed by atoms with E-state index in [1.807, 2.05) is 0 Å². The maximum atomic E-state index is 13.0. The van der Waals surface area contributed by atoms with Crippen molar-refractivity contribution >= 4 is 21.7 Å². The van der Waals surface area contributed by atoms with Gasteiger partial charge < -0.3 is 5.11 Å². The summed E-state index contributed by atoms with van der Waals surface area (Å²) in [6.07, 6.45) is 3.35. The van der Waals surface area contributed by atoms with E-state index in [4.69, 9.17) is 0 Å². The highest BCUT2D eigenvalue weighted by atomic mass is 32.2. The van der Waals surface area contributed by atoms with Crippen LogP contribution in [0.25, 0.3) is 0 Å². The van der Waals surface area contributed by atoms with Gasteiger partial charge in [-0.1, -0.05) is 18.9 Å². The summed E-state index contributed by atoms with van der Waals surface area (Å²) in [6, 6.07) is 3.30. The number of hydrogen-bond acceptors (Lipinski definition) is 5. The van der Waals surface area contributed by atoms with Crippen LogP contribution in [0.3, 0.4) is 0 Å². The van der Waals surface area contributed by atoms with Crippen molar-refractivity contribution in [3.05, 3.63) is 34.4 Å². The number of aliphatic carboxylic acids is 1. The monoisotopic (exact) mass is 354 g/mol. The van der Waals surface area contributed by atoms with E-state index in [1.165, 1.54) is 18.2 Å². The third kappa shape index (κ3) is 2.89. The molecule has 1 aliphatic carbocycles. The molecule has 1 N–H and O–H groups in total. The molecule has 3 unspecified atom stereocenters. The molecule has 24 heavy (non-hydrogen) atoms. The third-order valence-electron chi connectivity index (χ3n) is 4.87. The van der Waals surface area contributed by atoms with E-state index < -0.39 is 27.0 Å². The number of sulfonamides is 1. The van der Waals surface area contributed by atoms with Crippen LogP contribution in [-0.4, -0.2) is 40.8 Å². The number of fused-ring (bicyclic) bond motifs is 2. The highest BCUT2D eigenvalue weighted by Crippen LogP contribution is 2.41. The molecular weight excluding hydrogens is 336 g/mol. The topological polar surface area (TPSA) is 118 Å². The number of hydrogen-bond donors (Lipinski definition) is 1. The largest absolute Gasteiger partial charge is 0.480 e. The van der Waals surface area contributed by atoms with Gasteiger partial charge >= 0.3 is 5.97 Å². The zero-order valence-corrected chi connectivity index (χ0v) is 13.7. The average Bonchev–Trinajstić information content (AvgIpc) is 2.54. The molecule has 1 aliphatic heterocycles. The van der Waals surface area contributed by atoms with Crippen LogP contribution in [0.2, 0.25) is 0 Å². The number of rotatable bonds is 4.